The van der Waals surface area contributed by atoms with E-state index in [9.17, 15) is 4.79 Å². The van der Waals surface area contributed by atoms with E-state index in [4.69, 9.17) is 9.15 Å². The molecule has 1 aromatic heterocycles. The lowest BCUT2D eigenvalue weighted by Gasteiger charge is -2.41. The zero-order valence-corrected chi connectivity index (χ0v) is 16.4. The molecular weight excluding hydrogens is 362 g/mol. The first kappa shape index (κ1) is 17.8. The molecule has 3 heterocycles. The molecule has 0 bridgehead atoms. The molecule has 0 aliphatic carbocycles. The molecule has 0 saturated carbocycles. The second-order valence-corrected chi connectivity index (χ2v) is 7.82. The minimum Gasteiger partial charge on any atom is -0.482 e. The number of carbonyl (C=O) groups excluding carboxylic acids is 1. The van der Waals surface area contributed by atoms with Gasteiger partial charge in [0.05, 0.1) is 0 Å². The van der Waals surface area contributed by atoms with Crippen LogP contribution in [0.15, 0.2) is 71.2 Å². The second kappa shape index (κ2) is 6.96. The number of aryl methyl sites for hydroxylation is 1. The highest BCUT2D eigenvalue weighted by Gasteiger charge is 2.38. The highest BCUT2D eigenvalue weighted by Crippen LogP contribution is 2.39. The van der Waals surface area contributed by atoms with E-state index in [-0.39, 0.29) is 11.5 Å². The molecule has 2 aliphatic rings. The van der Waals surface area contributed by atoms with E-state index in [1.54, 1.807) is 6.07 Å². The lowest BCUT2D eigenvalue weighted by molar-refractivity contribution is 0.0311. The molecule has 0 N–H and O–H groups in total. The number of furan rings is 1. The summed E-state index contributed by atoms with van der Waals surface area (Å²) in [6.07, 6.45) is 5.88. The Hall–Kier alpha value is -3.27. The van der Waals surface area contributed by atoms with Crippen molar-refractivity contribution >= 4 is 12.0 Å². The lowest BCUT2D eigenvalue weighted by atomic mass is 9.87. The van der Waals surface area contributed by atoms with Gasteiger partial charge in [0.1, 0.15) is 17.1 Å². The van der Waals surface area contributed by atoms with Crippen LogP contribution in [-0.2, 0) is 0 Å². The highest BCUT2D eigenvalue weighted by atomic mass is 16.5. The van der Waals surface area contributed by atoms with E-state index < -0.39 is 0 Å². The zero-order valence-electron chi connectivity index (χ0n) is 16.4. The SMILES string of the molecule is Cc1ccc(C(=O)N2CCC3(C=Cc4cc(-c5ccccc5)ccc4O3)CC2)o1. The van der Waals surface area contributed by atoms with Gasteiger partial charge < -0.3 is 14.1 Å². The molecule has 1 fully saturated rings. The van der Waals surface area contributed by atoms with Crippen LogP contribution in [0.1, 0.15) is 34.7 Å². The van der Waals surface area contributed by atoms with Crippen molar-refractivity contribution in [3.8, 4) is 16.9 Å². The first-order valence-corrected chi connectivity index (χ1v) is 10.1. The van der Waals surface area contributed by atoms with E-state index in [2.05, 4.69) is 54.6 Å². The summed E-state index contributed by atoms with van der Waals surface area (Å²) >= 11 is 0. The minimum atomic E-state index is -0.336. The van der Waals surface area contributed by atoms with Crippen molar-refractivity contribution in [2.24, 2.45) is 0 Å². The fraction of sp³-hybridized carbons (Fsp3) is 0.240. The van der Waals surface area contributed by atoms with Crippen LogP contribution in [0.4, 0.5) is 0 Å². The molecular formula is C25H23NO3. The molecule has 1 saturated heterocycles. The number of likely N-dealkylation sites (tertiary alicyclic amines) is 1. The van der Waals surface area contributed by atoms with Gasteiger partial charge in [0.15, 0.2) is 5.76 Å². The van der Waals surface area contributed by atoms with Gasteiger partial charge in [-0.2, -0.15) is 0 Å². The monoisotopic (exact) mass is 385 g/mol. The molecule has 4 heteroatoms. The van der Waals surface area contributed by atoms with Crippen LogP contribution in [0, 0.1) is 6.92 Å². The average molecular weight is 385 g/mol. The minimum absolute atomic E-state index is 0.0411. The summed E-state index contributed by atoms with van der Waals surface area (Å²) in [7, 11) is 0. The number of hydrogen-bond donors (Lipinski definition) is 0. The molecule has 1 spiro atoms. The normalized spacial score (nSPS) is 17.1. The van der Waals surface area contributed by atoms with E-state index >= 15 is 0 Å². The molecule has 5 rings (SSSR count). The lowest BCUT2D eigenvalue weighted by Crippen LogP contribution is -2.49. The van der Waals surface area contributed by atoms with E-state index in [1.807, 2.05) is 24.0 Å². The fourth-order valence-electron chi connectivity index (χ4n) is 4.14. The number of piperidine rings is 1. The number of rotatable bonds is 2. The molecule has 4 nitrogen and oxygen atoms in total. The molecule has 2 aromatic carbocycles. The van der Waals surface area contributed by atoms with Gasteiger partial charge in [0.25, 0.3) is 5.91 Å². The average Bonchev–Trinajstić information content (AvgIpc) is 3.20. The fourth-order valence-corrected chi connectivity index (χ4v) is 4.14. The quantitative estimate of drug-likeness (QED) is 0.598. The summed E-state index contributed by atoms with van der Waals surface area (Å²) in [5.41, 5.74) is 3.14. The van der Waals surface area contributed by atoms with Crippen LogP contribution in [-0.4, -0.2) is 29.5 Å². The first-order valence-electron chi connectivity index (χ1n) is 10.1. The maximum absolute atomic E-state index is 12.6. The Labute approximate surface area is 170 Å². The molecule has 29 heavy (non-hydrogen) atoms. The van der Waals surface area contributed by atoms with Crippen LogP contribution < -0.4 is 4.74 Å². The van der Waals surface area contributed by atoms with E-state index in [0.717, 1.165) is 29.9 Å². The summed E-state index contributed by atoms with van der Waals surface area (Å²) in [6.45, 7) is 3.16. The maximum atomic E-state index is 12.6. The summed E-state index contributed by atoms with van der Waals surface area (Å²) in [6, 6.07) is 20.3. The van der Waals surface area contributed by atoms with Crippen molar-refractivity contribution in [2.75, 3.05) is 13.1 Å². The summed E-state index contributed by atoms with van der Waals surface area (Å²) < 4.78 is 11.9. The molecule has 146 valence electrons. The molecule has 3 aromatic rings. The van der Waals surface area contributed by atoms with Crippen molar-refractivity contribution in [1.82, 2.24) is 4.90 Å². The molecule has 0 radical (unpaired) electrons. The topological polar surface area (TPSA) is 42.7 Å². The Bertz CT molecular complexity index is 1070. The van der Waals surface area contributed by atoms with Gasteiger partial charge in [-0.15, -0.1) is 0 Å². The van der Waals surface area contributed by atoms with Crippen molar-refractivity contribution in [3.05, 3.63) is 83.8 Å². The Morgan fingerprint density at radius 2 is 1.76 bits per heavy atom. The number of hydrogen-bond acceptors (Lipinski definition) is 3. The number of benzene rings is 2. The molecule has 1 amide bonds. The number of ether oxygens (including phenoxy) is 1. The van der Waals surface area contributed by atoms with E-state index in [0.29, 0.717) is 18.8 Å². The van der Waals surface area contributed by atoms with Crippen molar-refractivity contribution in [2.45, 2.75) is 25.4 Å². The van der Waals surface area contributed by atoms with Gasteiger partial charge >= 0.3 is 0 Å². The third-order valence-electron chi connectivity index (χ3n) is 5.84. The van der Waals surface area contributed by atoms with Crippen LogP contribution in [0.3, 0.4) is 0 Å². The van der Waals surface area contributed by atoms with Crippen LogP contribution >= 0.6 is 0 Å². The summed E-state index contributed by atoms with van der Waals surface area (Å²) in [5, 5.41) is 0. The Balaban J connectivity index is 1.30. The largest absolute Gasteiger partial charge is 0.482 e. The predicted octanol–water partition coefficient (Wildman–Crippen LogP) is 5.34. The van der Waals surface area contributed by atoms with Crippen molar-refractivity contribution in [3.63, 3.8) is 0 Å². The van der Waals surface area contributed by atoms with Crippen molar-refractivity contribution in [1.29, 1.82) is 0 Å². The number of nitrogens with zero attached hydrogens (tertiary/aromatic N) is 1. The standard InChI is InChI=1S/C25H23NO3/c1-18-7-9-23(28-18)24(27)26-15-13-25(14-16-26)12-11-21-17-20(8-10-22(21)29-25)19-5-3-2-4-6-19/h2-12,17H,13-16H2,1H3. The van der Waals surface area contributed by atoms with Gasteiger partial charge in [0.2, 0.25) is 0 Å². The van der Waals surface area contributed by atoms with Gasteiger partial charge in [-0.25, -0.2) is 0 Å². The second-order valence-electron chi connectivity index (χ2n) is 7.82. The highest BCUT2D eigenvalue weighted by molar-refractivity contribution is 5.91. The smallest absolute Gasteiger partial charge is 0.289 e. The Kier molecular flexibility index (Phi) is 4.27. The maximum Gasteiger partial charge on any atom is 0.289 e. The van der Waals surface area contributed by atoms with Gasteiger partial charge in [-0.1, -0.05) is 42.5 Å². The molecule has 2 aliphatic heterocycles. The van der Waals surface area contributed by atoms with Crippen LogP contribution in [0.5, 0.6) is 5.75 Å². The van der Waals surface area contributed by atoms with Gasteiger partial charge in [0, 0.05) is 31.5 Å². The zero-order chi connectivity index (χ0) is 19.8. The van der Waals surface area contributed by atoms with Gasteiger partial charge in [-0.05, 0) is 48.4 Å². The summed E-state index contributed by atoms with van der Waals surface area (Å²) in [5.74, 6) is 2.04. The molecule has 0 unspecified atom stereocenters. The Morgan fingerprint density at radius 1 is 0.966 bits per heavy atom. The third-order valence-corrected chi connectivity index (χ3v) is 5.84. The Morgan fingerprint density at radius 3 is 2.48 bits per heavy atom. The molecule has 0 atom stereocenters. The summed E-state index contributed by atoms with van der Waals surface area (Å²) in [4.78, 5) is 14.5. The first-order chi connectivity index (χ1) is 14.1. The van der Waals surface area contributed by atoms with Crippen LogP contribution in [0.25, 0.3) is 17.2 Å². The third kappa shape index (κ3) is 3.35. The van der Waals surface area contributed by atoms with E-state index in [1.165, 1.54) is 11.1 Å². The number of amides is 1. The predicted molar refractivity (Wildman–Crippen MR) is 113 cm³/mol. The van der Waals surface area contributed by atoms with Gasteiger partial charge in [-0.3, -0.25) is 4.79 Å². The van der Waals surface area contributed by atoms with Crippen LogP contribution in [0.2, 0.25) is 0 Å². The van der Waals surface area contributed by atoms with Crippen molar-refractivity contribution < 1.29 is 13.9 Å². The number of fused-ring (bicyclic) bond motifs is 1. The number of carbonyl (C=O) groups is 1.